The van der Waals surface area contributed by atoms with Crippen molar-refractivity contribution in [2.75, 3.05) is 63.0 Å². The van der Waals surface area contributed by atoms with Crippen LogP contribution in [0, 0.1) is 27.7 Å². The summed E-state index contributed by atoms with van der Waals surface area (Å²) in [4.78, 5) is 22.0. The van der Waals surface area contributed by atoms with E-state index in [1.165, 1.54) is 38.3 Å². The molecule has 0 aromatic heterocycles. The van der Waals surface area contributed by atoms with Gasteiger partial charge in [-0.25, -0.2) is 0 Å². The van der Waals surface area contributed by atoms with E-state index in [1.807, 2.05) is 64.1 Å². The number of carbonyl (C=O) groups excluding carboxylic acids is 2. The standard InChI is InChI=1S/2C15H15NO2.C8H20N4.2H2O/c2*1-10-6-5-9-13(11(10)2)16-14-8-4-3-7-12(14)15(17)18;1-2-10-5-6-12-8-7-11-4-3-9-1;;/h2*3-9,16H,1-2H3,(H,17,18);9-12H,1-8H2;2*1H2. The van der Waals surface area contributed by atoms with Crippen molar-refractivity contribution >= 4 is 34.7 Å². The highest BCUT2D eigenvalue weighted by Crippen LogP contribution is 2.26. The van der Waals surface area contributed by atoms with E-state index in [0.717, 1.165) is 59.8 Å². The van der Waals surface area contributed by atoms with Gasteiger partial charge in [-0.05, 0) is 74.2 Å². The Morgan fingerprint density at radius 3 is 1.18 bits per heavy atom. The first-order chi connectivity index (χ1) is 23.2. The van der Waals surface area contributed by atoms with Gasteiger partial charge in [0.05, 0.1) is 38.1 Å². The van der Waals surface area contributed by atoms with Crippen LogP contribution in [0.25, 0.3) is 0 Å². The topological polar surface area (TPSA) is 225 Å². The van der Waals surface area contributed by atoms with Crippen molar-refractivity contribution in [3.8, 4) is 0 Å². The molecule has 0 unspecified atom stereocenters. The van der Waals surface area contributed by atoms with Gasteiger partial charge in [-0.3, -0.25) is 0 Å². The maximum atomic E-state index is 11.0. The maximum absolute atomic E-state index is 11.0. The van der Waals surface area contributed by atoms with Crippen molar-refractivity contribution < 1.29 is 41.4 Å². The molecule has 50 heavy (non-hydrogen) atoms. The molecule has 0 radical (unpaired) electrons. The van der Waals surface area contributed by atoms with Crippen molar-refractivity contribution in [3.63, 3.8) is 0 Å². The number of carboxylic acids is 2. The summed E-state index contributed by atoms with van der Waals surface area (Å²) in [5, 5.41) is 39.9. The number of benzene rings is 4. The third kappa shape index (κ3) is 14.3. The van der Waals surface area contributed by atoms with Crippen LogP contribution in [0.5, 0.6) is 0 Å². The van der Waals surface area contributed by atoms with E-state index >= 15 is 0 Å². The molecule has 0 aliphatic carbocycles. The minimum Gasteiger partial charge on any atom is -0.545 e. The molecule has 0 spiro atoms. The van der Waals surface area contributed by atoms with Gasteiger partial charge in [0, 0.05) is 60.1 Å². The van der Waals surface area contributed by atoms with E-state index in [-0.39, 0.29) is 22.1 Å². The third-order valence-corrected chi connectivity index (χ3v) is 8.14. The van der Waals surface area contributed by atoms with E-state index in [9.17, 15) is 19.8 Å². The molecule has 1 saturated heterocycles. The zero-order valence-corrected chi connectivity index (χ0v) is 29.5. The Kier molecular flexibility index (Phi) is 20.3. The van der Waals surface area contributed by atoms with Crippen LogP contribution in [0.1, 0.15) is 43.0 Å². The highest BCUT2D eigenvalue weighted by molar-refractivity contribution is 5.94. The SMILES string of the molecule is C1C[NH2+]CCNCC[NH2+]CCN1.Cc1cccc(Nc2ccccc2C(=O)[O-])c1C.Cc1cccc(Nc2ccccc2C(=O)[O-])c1C.O.O. The number of nitrogens with one attached hydrogen (secondary N) is 4. The predicted molar refractivity (Wildman–Crippen MR) is 196 cm³/mol. The van der Waals surface area contributed by atoms with Gasteiger partial charge in [-0.1, -0.05) is 60.7 Å². The first kappa shape index (κ1) is 43.2. The quantitative estimate of drug-likeness (QED) is 0.154. The smallest absolute Gasteiger partial charge is 0.0882 e. The molecule has 12 heteroatoms. The summed E-state index contributed by atoms with van der Waals surface area (Å²) in [6.45, 7) is 17.5. The number of para-hydroxylation sites is 2. The molecule has 5 rings (SSSR count). The third-order valence-electron chi connectivity index (χ3n) is 8.14. The fourth-order valence-electron chi connectivity index (χ4n) is 4.96. The molecular weight excluding hydrogens is 636 g/mol. The monoisotopic (exact) mass is 690 g/mol. The Balaban J connectivity index is 0.000000376. The van der Waals surface area contributed by atoms with Crippen LogP contribution < -0.4 is 42.1 Å². The summed E-state index contributed by atoms with van der Waals surface area (Å²) >= 11 is 0. The summed E-state index contributed by atoms with van der Waals surface area (Å²) in [7, 11) is 0. The predicted octanol–water partition coefficient (Wildman–Crippen LogP) is -0.522. The van der Waals surface area contributed by atoms with Gasteiger partial charge >= 0.3 is 0 Å². The summed E-state index contributed by atoms with van der Waals surface area (Å²) in [6.07, 6.45) is 0. The van der Waals surface area contributed by atoms with Gasteiger partial charge in [-0.15, -0.1) is 0 Å². The summed E-state index contributed by atoms with van der Waals surface area (Å²) in [5.74, 6) is -2.35. The van der Waals surface area contributed by atoms with Crippen LogP contribution in [-0.4, -0.2) is 75.2 Å². The second kappa shape index (κ2) is 23.5. The molecule has 1 aliphatic rings. The minimum absolute atomic E-state index is 0. The van der Waals surface area contributed by atoms with E-state index < -0.39 is 11.9 Å². The molecule has 272 valence electrons. The zero-order chi connectivity index (χ0) is 34.7. The summed E-state index contributed by atoms with van der Waals surface area (Å²) < 4.78 is 0. The number of nitrogens with two attached hydrogens (primary N) is 2. The molecule has 1 fully saturated rings. The van der Waals surface area contributed by atoms with Crippen LogP contribution in [0.2, 0.25) is 0 Å². The van der Waals surface area contributed by atoms with Crippen molar-refractivity contribution in [2.45, 2.75) is 27.7 Å². The molecular formula is C38H54N6O6. The van der Waals surface area contributed by atoms with Gasteiger partial charge in [0.2, 0.25) is 0 Å². The molecule has 4 aromatic carbocycles. The largest absolute Gasteiger partial charge is 0.545 e. The van der Waals surface area contributed by atoms with Crippen LogP contribution in [-0.2, 0) is 0 Å². The van der Waals surface area contributed by atoms with Gasteiger partial charge in [0.15, 0.2) is 0 Å². The molecule has 0 amide bonds. The first-order valence-corrected chi connectivity index (χ1v) is 16.5. The highest BCUT2D eigenvalue weighted by Gasteiger charge is 2.07. The van der Waals surface area contributed by atoms with Crippen LogP contribution in [0.3, 0.4) is 0 Å². The van der Waals surface area contributed by atoms with Crippen molar-refractivity contribution in [1.82, 2.24) is 10.6 Å². The van der Waals surface area contributed by atoms with Gasteiger partial charge in [-0.2, -0.15) is 0 Å². The molecule has 12 nitrogen and oxygen atoms in total. The Morgan fingerprint density at radius 1 is 0.520 bits per heavy atom. The summed E-state index contributed by atoms with van der Waals surface area (Å²) in [5.41, 5.74) is 7.76. The van der Waals surface area contributed by atoms with Crippen LogP contribution >= 0.6 is 0 Å². The summed E-state index contributed by atoms with van der Waals surface area (Å²) in [6, 6.07) is 25.2. The van der Waals surface area contributed by atoms with Crippen molar-refractivity contribution in [2.24, 2.45) is 0 Å². The number of anilines is 4. The van der Waals surface area contributed by atoms with Crippen molar-refractivity contribution in [1.29, 1.82) is 0 Å². The van der Waals surface area contributed by atoms with Crippen LogP contribution in [0.4, 0.5) is 22.7 Å². The highest BCUT2D eigenvalue weighted by atomic mass is 16.4. The lowest BCUT2D eigenvalue weighted by Crippen LogP contribution is -2.89. The second-order valence-electron chi connectivity index (χ2n) is 11.6. The minimum atomic E-state index is -1.18. The van der Waals surface area contributed by atoms with Crippen LogP contribution in [0.15, 0.2) is 84.9 Å². The zero-order valence-electron chi connectivity index (χ0n) is 29.5. The van der Waals surface area contributed by atoms with Gasteiger partial charge in [0.1, 0.15) is 0 Å². The first-order valence-electron chi connectivity index (χ1n) is 16.5. The number of carboxylic acid groups (broad SMARTS) is 2. The lowest BCUT2D eigenvalue weighted by atomic mass is 10.1. The normalized spacial score (nSPS) is 13.0. The Morgan fingerprint density at radius 2 is 0.840 bits per heavy atom. The average molecular weight is 691 g/mol. The molecule has 0 saturated carbocycles. The van der Waals surface area contributed by atoms with Gasteiger partial charge in [0.25, 0.3) is 0 Å². The number of hydrogen-bond acceptors (Lipinski definition) is 8. The molecule has 1 aliphatic heterocycles. The van der Waals surface area contributed by atoms with E-state index in [1.54, 1.807) is 36.4 Å². The number of aryl methyl sites for hydroxylation is 2. The number of hydrogen-bond donors (Lipinski definition) is 6. The molecule has 1 heterocycles. The van der Waals surface area contributed by atoms with E-state index in [2.05, 4.69) is 31.9 Å². The Hall–Kier alpha value is -4.82. The molecule has 0 atom stereocenters. The number of quaternary nitrogens is 2. The van der Waals surface area contributed by atoms with Crippen molar-refractivity contribution in [3.05, 3.63) is 118 Å². The Bertz CT molecular complexity index is 1470. The fraction of sp³-hybridized carbons (Fsp3) is 0.316. The Labute approximate surface area is 295 Å². The number of carbonyl (C=O) groups is 2. The molecule has 4 aromatic rings. The van der Waals surface area contributed by atoms with Gasteiger partial charge < -0.3 is 62.7 Å². The number of rotatable bonds is 6. The van der Waals surface area contributed by atoms with E-state index in [0.29, 0.717) is 11.4 Å². The fourth-order valence-corrected chi connectivity index (χ4v) is 4.96. The average Bonchev–Trinajstić information content (AvgIpc) is 3.06. The lowest BCUT2D eigenvalue weighted by molar-refractivity contribution is -0.657. The molecule has 0 bridgehead atoms. The second-order valence-corrected chi connectivity index (χ2v) is 11.6. The maximum Gasteiger partial charge on any atom is 0.0882 e. The van der Waals surface area contributed by atoms with E-state index in [4.69, 9.17) is 0 Å². The molecule has 12 N–H and O–H groups in total. The lowest BCUT2D eigenvalue weighted by Gasteiger charge is -2.15. The number of aromatic carboxylic acids is 2.